The zero-order valence-corrected chi connectivity index (χ0v) is 9.30. The molecule has 1 aliphatic heterocycles. The number of ether oxygens (including phenoxy) is 1. The Kier molecular flexibility index (Phi) is 3.38. The molecule has 88 valence electrons. The minimum atomic E-state index is -2.51. The van der Waals surface area contributed by atoms with Crippen LogP contribution in [0.5, 0.6) is 5.75 Å². The lowest BCUT2D eigenvalue weighted by Gasteiger charge is -2.13. The number of carbonyl (C=O) groups is 1. The molecule has 2 heterocycles. The smallest absolute Gasteiger partial charge is 0.409 e. The molecule has 3 nitrogen and oxygen atoms in total. The van der Waals surface area contributed by atoms with E-state index in [1.807, 2.05) is 0 Å². The summed E-state index contributed by atoms with van der Waals surface area (Å²) in [4.78, 5) is 13.0. The highest BCUT2D eigenvalue weighted by molar-refractivity contribution is 7.10. The largest absolute Gasteiger partial charge is 0.415 e. The highest BCUT2D eigenvalue weighted by atomic mass is 32.1. The van der Waals surface area contributed by atoms with Gasteiger partial charge in [0.05, 0.1) is 4.88 Å². The maximum absolute atomic E-state index is 12.3. The van der Waals surface area contributed by atoms with Gasteiger partial charge < -0.3 is 9.64 Å². The van der Waals surface area contributed by atoms with E-state index in [2.05, 4.69) is 0 Å². The van der Waals surface area contributed by atoms with Gasteiger partial charge in [0.2, 0.25) is 0 Å². The van der Waals surface area contributed by atoms with E-state index in [1.54, 1.807) is 4.90 Å². The molecule has 0 aliphatic carbocycles. The van der Waals surface area contributed by atoms with Gasteiger partial charge in [-0.25, -0.2) is 13.6 Å². The molecule has 0 aromatic carbocycles. The summed E-state index contributed by atoms with van der Waals surface area (Å²) < 4.78 is 29.5. The van der Waals surface area contributed by atoms with E-state index in [0.717, 1.165) is 24.2 Å². The number of carbonyl (C=O) groups excluding carboxylic acids is 1. The normalized spacial score (nSPS) is 15.8. The topological polar surface area (TPSA) is 29.5 Å². The molecule has 0 saturated carbocycles. The second kappa shape index (κ2) is 4.78. The molecule has 1 amide bonds. The number of amides is 1. The Hall–Kier alpha value is -1.17. The van der Waals surface area contributed by atoms with Gasteiger partial charge in [-0.1, -0.05) is 0 Å². The van der Waals surface area contributed by atoms with E-state index in [-0.39, 0.29) is 10.6 Å². The Labute approximate surface area is 95.6 Å². The van der Waals surface area contributed by atoms with Crippen molar-refractivity contribution in [3.63, 3.8) is 0 Å². The number of nitrogens with zero attached hydrogens (tertiary/aromatic N) is 1. The van der Waals surface area contributed by atoms with Crippen LogP contribution in [0, 0.1) is 0 Å². The van der Waals surface area contributed by atoms with E-state index < -0.39 is 12.5 Å². The molecule has 1 aliphatic rings. The Morgan fingerprint density at radius 3 is 2.69 bits per heavy atom. The standard InChI is InChI=1S/C10H11F2NO2S/c11-9(12)8-5-7(6-16-8)15-10(14)13-3-1-2-4-13/h5-6,9H,1-4H2. The minimum absolute atomic E-state index is 0.0794. The van der Waals surface area contributed by atoms with Crippen molar-refractivity contribution < 1.29 is 18.3 Å². The van der Waals surface area contributed by atoms with Gasteiger partial charge in [-0.15, -0.1) is 11.3 Å². The molecule has 0 unspecified atom stereocenters. The van der Waals surface area contributed by atoms with E-state index in [0.29, 0.717) is 13.1 Å². The van der Waals surface area contributed by atoms with Gasteiger partial charge in [-0.05, 0) is 12.8 Å². The molecule has 0 bridgehead atoms. The molecule has 1 fully saturated rings. The van der Waals surface area contributed by atoms with Crippen molar-refractivity contribution in [1.29, 1.82) is 0 Å². The van der Waals surface area contributed by atoms with Crippen molar-refractivity contribution in [2.24, 2.45) is 0 Å². The van der Waals surface area contributed by atoms with Crippen LogP contribution in [0.2, 0.25) is 0 Å². The lowest BCUT2D eigenvalue weighted by atomic mass is 10.4. The second-order valence-corrected chi connectivity index (χ2v) is 4.49. The molecule has 1 aromatic rings. The zero-order chi connectivity index (χ0) is 11.5. The second-order valence-electron chi connectivity index (χ2n) is 3.55. The molecule has 1 saturated heterocycles. The number of hydrogen-bond donors (Lipinski definition) is 0. The van der Waals surface area contributed by atoms with Gasteiger partial charge >= 0.3 is 6.09 Å². The van der Waals surface area contributed by atoms with Crippen molar-refractivity contribution >= 4 is 17.4 Å². The van der Waals surface area contributed by atoms with Crippen LogP contribution in [0.4, 0.5) is 13.6 Å². The highest BCUT2D eigenvalue weighted by Crippen LogP contribution is 2.30. The van der Waals surface area contributed by atoms with Crippen LogP contribution in [0.15, 0.2) is 11.4 Å². The van der Waals surface area contributed by atoms with Crippen molar-refractivity contribution in [1.82, 2.24) is 4.90 Å². The Morgan fingerprint density at radius 2 is 2.12 bits per heavy atom. The van der Waals surface area contributed by atoms with Crippen LogP contribution >= 0.6 is 11.3 Å². The first-order valence-corrected chi connectivity index (χ1v) is 5.88. The van der Waals surface area contributed by atoms with Crippen LogP contribution in [0.1, 0.15) is 24.1 Å². The van der Waals surface area contributed by atoms with Gasteiger partial charge in [-0.2, -0.15) is 0 Å². The summed E-state index contributed by atoms with van der Waals surface area (Å²) in [6.07, 6.45) is -1.01. The van der Waals surface area contributed by atoms with Crippen molar-refractivity contribution in [3.05, 3.63) is 16.3 Å². The molecule has 0 N–H and O–H groups in total. The molecule has 0 atom stereocenters. The summed E-state index contributed by atoms with van der Waals surface area (Å²) >= 11 is 0.896. The molecule has 1 aromatic heterocycles. The van der Waals surface area contributed by atoms with Gasteiger partial charge in [0, 0.05) is 24.5 Å². The fourth-order valence-corrected chi connectivity index (χ4v) is 2.22. The Bertz CT molecular complexity index is 375. The number of rotatable bonds is 2. The van der Waals surface area contributed by atoms with Gasteiger partial charge in [0.25, 0.3) is 6.43 Å². The predicted octanol–water partition coefficient (Wildman–Crippen LogP) is 3.28. The average molecular weight is 247 g/mol. The minimum Gasteiger partial charge on any atom is -0.409 e. The van der Waals surface area contributed by atoms with E-state index in [9.17, 15) is 13.6 Å². The molecule has 16 heavy (non-hydrogen) atoms. The third-order valence-electron chi connectivity index (χ3n) is 2.38. The predicted molar refractivity (Wildman–Crippen MR) is 56.1 cm³/mol. The monoisotopic (exact) mass is 247 g/mol. The fraction of sp³-hybridized carbons (Fsp3) is 0.500. The summed E-state index contributed by atoms with van der Waals surface area (Å²) in [5, 5.41) is 1.43. The number of thiophene rings is 1. The zero-order valence-electron chi connectivity index (χ0n) is 8.49. The first kappa shape index (κ1) is 11.3. The van der Waals surface area contributed by atoms with Gasteiger partial charge in [-0.3, -0.25) is 0 Å². The molecule has 0 spiro atoms. The summed E-state index contributed by atoms with van der Waals surface area (Å²) in [7, 11) is 0. The highest BCUT2D eigenvalue weighted by Gasteiger charge is 2.20. The maximum atomic E-state index is 12.3. The summed E-state index contributed by atoms with van der Waals surface area (Å²) in [5.74, 6) is 0.206. The van der Waals surface area contributed by atoms with Crippen molar-refractivity contribution in [3.8, 4) is 5.75 Å². The van der Waals surface area contributed by atoms with Gasteiger partial charge in [0.1, 0.15) is 5.75 Å². The SMILES string of the molecule is O=C(Oc1csc(C(F)F)c1)N1CCCC1. The third-order valence-corrected chi connectivity index (χ3v) is 3.30. The fourth-order valence-electron chi connectivity index (χ4n) is 1.57. The van der Waals surface area contributed by atoms with Crippen LogP contribution < -0.4 is 4.74 Å². The third kappa shape index (κ3) is 2.49. The molecule has 2 rings (SSSR count). The lowest BCUT2D eigenvalue weighted by Crippen LogP contribution is -2.30. The molecule has 0 radical (unpaired) electrons. The maximum Gasteiger partial charge on any atom is 0.415 e. The van der Waals surface area contributed by atoms with E-state index in [1.165, 1.54) is 11.4 Å². The average Bonchev–Trinajstić information content (AvgIpc) is 2.87. The molecule has 6 heteroatoms. The van der Waals surface area contributed by atoms with Crippen molar-refractivity contribution in [2.75, 3.05) is 13.1 Å². The number of hydrogen-bond acceptors (Lipinski definition) is 3. The molecular formula is C10H11F2NO2S. The molecular weight excluding hydrogens is 236 g/mol. The van der Waals surface area contributed by atoms with Gasteiger partial charge in [0.15, 0.2) is 0 Å². The number of halogens is 2. The van der Waals surface area contributed by atoms with Crippen molar-refractivity contribution in [2.45, 2.75) is 19.3 Å². The van der Waals surface area contributed by atoms with Crippen LogP contribution in [0.25, 0.3) is 0 Å². The van der Waals surface area contributed by atoms with Crippen LogP contribution in [-0.4, -0.2) is 24.1 Å². The Balaban J connectivity index is 1.95. The van der Waals surface area contributed by atoms with E-state index >= 15 is 0 Å². The first-order valence-electron chi connectivity index (χ1n) is 5.00. The van der Waals surface area contributed by atoms with Crippen LogP contribution in [-0.2, 0) is 0 Å². The van der Waals surface area contributed by atoms with Crippen LogP contribution in [0.3, 0.4) is 0 Å². The number of alkyl halides is 2. The summed E-state index contributed by atoms with van der Waals surface area (Å²) in [5.41, 5.74) is 0. The van der Waals surface area contributed by atoms with E-state index in [4.69, 9.17) is 4.74 Å². The first-order chi connectivity index (χ1) is 7.66. The Morgan fingerprint density at radius 1 is 1.44 bits per heavy atom. The summed E-state index contributed by atoms with van der Waals surface area (Å²) in [6.45, 7) is 1.37. The number of likely N-dealkylation sites (tertiary alicyclic amines) is 1. The quantitative estimate of drug-likeness (QED) is 0.802. The lowest BCUT2D eigenvalue weighted by molar-refractivity contribution is 0.153. The summed E-state index contributed by atoms with van der Waals surface area (Å²) in [6, 6.07) is 1.21.